The number of carboxylic acid groups (broad SMARTS) is 1. The fraction of sp³-hybridized carbons (Fsp3) is 0.429. The number of benzene rings is 1. The van der Waals surface area contributed by atoms with Gasteiger partial charge in [-0.3, -0.25) is 4.79 Å². The van der Waals surface area contributed by atoms with Gasteiger partial charge in [-0.2, -0.15) is 9.57 Å². The first kappa shape index (κ1) is 15.5. The van der Waals surface area contributed by atoms with Gasteiger partial charge in [0, 0.05) is 12.6 Å². The van der Waals surface area contributed by atoms with Gasteiger partial charge >= 0.3 is 5.97 Å². The van der Waals surface area contributed by atoms with Crippen molar-refractivity contribution >= 4 is 16.0 Å². The lowest BCUT2D eigenvalue weighted by Crippen LogP contribution is -2.47. The summed E-state index contributed by atoms with van der Waals surface area (Å²) in [7, 11) is -3.74. The van der Waals surface area contributed by atoms with Crippen LogP contribution < -0.4 is 0 Å². The normalized spacial score (nSPS) is 23.4. The summed E-state index contributed by atoms with van der Waals surface area (Å²) in [6.07, 6.45) is 1.00. The Morgan fingerprint density at radius 1 is 1.33 bits per heavy atom. The molecule has 6 nitrogen and oxygen atoms in total. The van der Waals surface area contributed by atoms with E-state index in [-0.39, 0.29) is 17.5 Å². The number of nitrogens with zero attached hydrogens (tertiary/aromatic N) is 2. The highest BCUT2D eigenvalue weighted by atomic mass is 32.2. The fourth-order valence-corrected chi connectivity index (χ4v) is 4.15. The molecule has 1 aromatic rings. The fourth-order valence-electron chi connectivity index (χ4n) is 2.45. The summed E-state index contributed by atoms with van der Waals surface area (Å²) in [6, 6.07) is 7.34. The van der Waals surface area contributed by atoms with Crippen LogP contribution in [-0.2, 0) is 14.8 Å². The number of piperidine rings is 1. The molecule has 1 N–H and O–H groups in total. The van der Waals surface area contributed by atoms with Gasteiger partial charge in [0.15, 0.2) is 0 Å². The van der Waals surface area contributed by atoms with Gasteiger partial charge in [-0.05, 0) is 44.0 Å². The lowest BCUT2D eigenvalue weighted by atomic mass is 9.96. The molecule has 1 heterocycles. The summed E-state index contributed by atoms with van der Waals surface area (Å²) in [6.45, 7) is 1.76. The third-order valence-corrected chi connectivity index (χ3v) is 5.76. The van der Waals surface area contributed by atoms with Gasteiger partial charge < -0.3 is 5.11 Å². The number of nitriles is 1. The van der Waals surface area contributed by atoms with E-state index < -0.39 is 21.9 Å². The predicted molar refractivity (Wildman–Crippen MR) is 74.9 cm³/mol. The van der Waals surface area contributed by atoms with Crippen LogP contribution >= 0.6 is 0 Å². The second-order valence-electron chi connectivity index (χ2n) is 5.17. The van der Waals surface area contributed by atoms with Crippen molar-refractivity contribution in [3.8, 4) is 6.07 Å². The number of rotatable bonds is 3. The summed E-state index contributed by atoms with van der Waals surface area (Å²) in [5.74, 6) is -1.64. The van der Waals surface area contributed by atoms with E-state index in [2.05, 4.69) is 0 Å². The van der Waals surface area contributed by atoms with Gasteiger partial charge in [-0.15, -0.1) is 0 Å². The Labute approximate surface area is 123 Å². The summed E-state index contributed by atoms with van der Waals surface area (Å²) in [5, 5.41) is 17.8. The van der Waals surface area contributed by atoms with Crippen LogP contribution in [0.1, 0.15) is 25.3 Å². The van der Waals surface area contributed by atoms with E-state index in [0.29, 0.717) is 18.4 Å². The van der Waals surface area contributed by atoms with E-state index >= 15 is 0 Å². The Morgan fingerprint density at radius 2 is 1.95 bits per heavy atom. The Bertz CT molecular complexity index is 676. The van der Waals surface area contributed by atoms with E-state index in [0.717, 1.165) is 0 Å². The van der Waals surface area contributed by atoms with Gasteiger partial charge in [0.05, 0.1) is 22.4 Å². The minimum absolute atomic E-state index is 0.0150. The Morgan fingerprint density at radius 3 is 2.48 bits per heavy atom. The van der Waals surface area contributed by atoms with Gasteiger partial charge in [-0.1, -0.05) is 0 Å². The zero-order valence-corrected chi connectivity index (χ0v) is 12.4. The second-order valence-corrected chi connectivity index (χ2v) is 7.06. The summed E-state index contributed by atoms with van der Waals surface area (Å²) < 4.78 is 26.5. The molecular weight excluding hydrogens is 292 g/mol. The molecule has 0 spiro atoms. The van der Waals surface area contributed by atoms with E-state index in [9.17, 15) is 13.2 Å². The van der Waals surface area contributed by atoms with Crippen LogP contribution in [-0.4, -0.2) is 36.4 Å². The number of carboxylic acids is 1. The molecule has 2 atom stereocenters. The quantitative estimate of drug-likeness (QED) is 0.910. The lowest BCUT2D eigenvalue weighted by molar-refractivity contribution is -0.143. The van der Waals surface area contributed by atoms with Gasteiger partial charge in [0.25, 0.3) is 0 Å². The lowest BCUT2D eigenvalue weighted by Gasteiger charge is -2.35. The van der Waals surface area contributed by atoms with Crippen molar-refractivity contribution in [2.45, 2.75) is 30.7 Å². The molecule has 1 aliphatic heterocycles. The largest absolute Gasteiger partial charge is 0.481 e. The van der Waals surface area contributed by atoms with Crippen LogP contribution in [0.15, 0.2) is 29.2 Å². The van der Waals surface area contributed by atoms with Crippen molar-refractivity contribution in [1.29, 1.82) is 5.26 Å². The van der Waals surface area contributed by atoms with Crippen LogP contribution in [0.5, 0.6) is 0 Å². The molecule has 0 radical (unpaired) electrons. The van der Waals surface area contributed by atoms with Crippen LogP contribution in [0.25, 0.3) is 0 Å². The van der Waals surface area contributed by atoms with Gasteiger partial charge in [0.1, 0.15) is 0 Å². The first-order chi connectivity index (χ1) is 9.86. The smallest absolute Gasteiger partial charge is 0.307 e. The number of hydrogen-bond acceptors (Lipinski definition) is 4. The van der Waals surface area contributed by atoms with Crippen LogP contribution in [0, 0.1) is 17.2 Å². The zero-order chi connectivity index (χ0) is 15.6. The van der Waals surface area contributed by atoms with Crippen molar-refractivity contribution in [2.75, 3.05) is 6.54 Å². The van der Waals surface area contributed by atoms with Crippen molar-refractivity contribution in [1.82, 2.24) is 4.31 Å². The number of sulfonamides is 1. The second kappa shape index (κ2) is 5.84. The molecule has 0 aliphatic carbocycles. The minimum Gasteiger partial charge on any atom is -0.481 e. The van der Waals surface area contributed by atoms with E-state index in [1.54, 1.807) is 6.92 Å². The van der Waals surface area contributed by atoms with E-state index in [1.165, 1.54) is 28.6 Å². The maximum Gasteiger partial charge on any atom is 0.307 e. The predicted octanol–water partition coefficient (Wildman–Crippen LogP) is 1.43. The van der Waals surface area contributed by atoms with Gasteiger partial charge in [0.2, 0.25) is 10.0 Å². The number of aliphatic carboxylic acids is 1. The minimum atomic E-state index is -3.74. The molecule has 2 rings (SSSR count). The molecule has 112 valence electrons. The molecule has 0 bridgehead atoms. The highest BCUT2D eigenvalue weighted by molar-refractivity contribution is 7.89. The summed E-state index contributed by atoms with van der Waals surface area (Å²) >= 11 is 0. The molecule has 0 saturated carbocycles. The standard InChI is InChI=1S/C14H16N2O4S/c1-10-2-5-12(14(17)18)9-16(10)21(19,20)13-6-3-11(8-15)4-7-13/h3-4,6-7,10,12H,2,5,9H2,1H3,(H,17,18). The number of carbonyl (C=O) groups is 1. The molecular formula is C14H16N2O4S. The highest BCUT2D eigenvalue weighted by Crippen LogP contribution is 2.28. The zero-order valence-electron chi connectivity index (χ0n) is 11.6. The summed E-state index contributed by atoms with van der Waals surface area (Å²) in [5.41, 5.74) is 0.379. The molecule has 1 aromatic carbocycles. The molecule has 2 unspecified atom stereocenters. The first-order valence-corrected chi connectivity index (χ1v) is 8.05. The molecule has 1 aliphatic rings. The van der Waals surface area contributed by atoms with Crippen LogP contribution in [0.3, 0.4) is 0 Å². The maximum atomic E-state index is 12.6. The molecule has 1 saturated heterocycles. The van der Waals surface area contributed by atoms with E-state index in [4.69, 9.17) is 10.4 Å². The molecule has 1 fully saturated rings. The van der Waals surface area contributed by atoms with Crippen molar-refractivity contribution in [3.63, 3.8) is 0 Å². The SMILES string of the molecule is CC1CCC(C(=O)O)CN1S(=O)(=O)c1ccc(C#N)cc1. The molecule has 0 aromatic heterocycles. The maximum absolute atomic E-state index is 12.6. The molecule has 0 amide bonds. The Kier molecular flexibility index (Phi) is 4.30. The van der Waals surface area contributed by atoms with Crippen molar-refractivity contribution in [3.05, 3.63) is 29.8 Å². The van der Waals surface area contributed by atoms with Gasteiger partial charge in [-0.25, -0.2) is 8.42 Å². The van der Waals surface area contributed by atoms with Crippen LogP contribution in [0.4, 0.5) is 0 Å². The van der Waals surface area contributed by atoms with Crippen LogP contribution in [0.2, 0.25) is 0 Å². The third kappa shape index (κ3) is 3.06. The Balaban J connectivity index is 2.32. The summed E-state index contributed by atoms with van der Waals surface area (Å²) in [4.78, 5) is 11.2. The van der Waals surface area contributed by atoms with E-state index in [1.807, 2.05) is 6.07 Å². The first-order valence-electron chi connectivity index (χ1n) is 6.61. The topological polar surface area (TPSA) is 98.5 Å². The average molecular weight is 308 g/mol. The number of hydrogen-bond donors (Lipinski definition) is 1. The Hall–Kier alpha value is -1.91. The highest BCUT2D eigenvalue weighted by Gasteiger charge is 2.37. The average Bonchev–Trinajstić information content (AvgIpc) is 2.47. The molecule has 21 heavy (non-hydrogen) atoms. The van der Waals surface area contributed by atoms with Crippen molar-refractivity contribution in [2.24, 2.45) is 5.92 Å². The molecule has 7 heteroatoms. The third-order valence-electron chi connectivity index (χ3n) is 3.76. The monoisotopic (exact) mass is 308 g/mol. The van der Waals surface area contributed by atoms with Crippen molar-refractivity contribution < 1.29 is 18.3 Å².